The molecule has 2 saturated heterocycles. The first-order chi connectivity index (χ1) is 15.7. The molecule has 2 aromatic rings. The van der Waals surface area contributed by atoms with Gasteiger partial charge >= 0.3 is 0 Å². The maximum atomic E-state index is 13.0. The number of likely N-dealkylation sites (tertiary alicyclic amines) is 2. The fourth-order valence-corrected chi connectivity index (χ4v) is 4.76. The molecule has 7 heteroatoms. The van der Waals surface area contributed by atoms with Gasteiger partial charge in [0.15, 0.2) is 5.76 Å². The Labute approximate surface area is 189 Å². The van der Waals surface area contributed by atoms with E-state index >= 15 is 0 Å². The molecule has 0 spiro atoms. The van der Waals surface area contributed by atoms with Crippen LogP contribution >= 0.6 is 0 Å². The van der Waals surface area contributed by atoms with Gasteiger partial charge in [-0.05, 0) is 68.6 Å². The van der Waals surface area contributed by atoms with Crippen LogP contribution < -0.4 is 10.1 Å². The van der Waals surface area contributed by atoms with E-state index in [9.17, 15) is 9.59 Å². The van der Waals surface area contributed by atoms with Crippen molar-refractivity contribution in [3.8, 4) is 5.75 Å². The summed E-state index contributed by atoms with van der Waals surface area (Å²) in [6, 6.07) is 11.7. The van der Waals surface area contributed by atoms with E-state index in [1.807, 2.05) is 12.1 Å². The van der Waals surface area contributed by atoms with E-state index in [4.69, 9.17) is 9.15 Å². The number of carbonyl (C=O) groups excluding carboxylic acids is 2. The van der Waals surface area contributed by atoms with Gasteiger partial charge in [-0.25, -0.2) is 0 Å². The van der Waals surface area contributed by atoms with E-state index in [1.165, 1.54) is 31.1 Å². The predicted molar refractivity (Wildman–Crippen MR) is 122 cm³/mol. The number of hydrogen-bond acceptors (Lipinski definition) is 5. The fourth-order valence-electron chi connectivity index (χ4n) is 4.76. The number of hydrogen-bond donors (Lipinski definition) is 1. The summed E-state index contributed by atoms with van der Waals surface area (Å²) in [6.07, 6.45) is 6.53. The first-order valence-corrected chi connectivity index (χ1v) is 11.6. The number of carbonyl (C=O) groups is 2. The Bertz CT molecular complexity index is 867. The molecule has 0 radical (unpaired) electrons. The summed E-state index contributed by atoms with van der Waals surface area (Å²) < 4.78 is 10.5. The SMILES string of the molecule is COc1ccc([C@@H](CNC(=O)C2CCN(C(=O)c3ccco3)CC2)N2CCCCC2)cc1. The van der Waals surface area contributed by atoms with Crippen molar-refractivity contribution < 1.29 is 18.7 Å². The summed E-state index contributed by atoms with van der Waals surface area (Å²) >= 11 is 0. The summed E-state index contributed by atoms with van der Waals surface area (Å²) in [7, 11) is 1.67. The number of amides is 2. The number of methoxy groups -OCH3 is 1. The van der Waals surface area contributed by atoms with Crippen molar-refractivity contribution in [2.24, 2.45) is 5.92 Å². The average molecular weight is 440 g/mol. The maximum absolute atomic E-state index is 13.0. The zero-order valence-corrected chi connectivity index (χ0v) is 18.8. The Morgan fingerprint density at radius 2 is 1.78 bits per heavy atom. The molecule has 0 saturated carbocycles. The van der Waals surface area contributed by atoms with Crippen LogP contribution in [0, 0.1) is 5.92 Å². The normalized spacial score (nSPS) is 18.8. The Morgan fingerprint density at radius 1 is 1.06 bits per heavy atom. The zero-order valence-electron chi connectivity index (χ0n) is 18.8. The maximum Gasteiger partial charge on any atom is 0.289 e. The Balaban J connectivity index is 1.33. The van der Waals surface area contributed by atoms with Crippen molar-refractivity contribution in [3.05, 3.63) is 54.0 Å². The number of benzene rings is 1. The molecule has 2 fully saturated rings. The van der Waals surface area contributed by atoms with E-state index in [0.29, 0.717) is 38.2 Å². The number of piperidine rings is 2. The van der Waals surface area contributed by atoms with Crippen LogP contribution in [0.3, 0.4) is 0 Å². The molecular weight excluding hydrogens is 406 g/mol. The molecule has 1 N–H and O–H groups in total. The standard InChI is InChI=1S/C25H33N3O4/c1-31-21-9-7-19(8-10-21)22(27-13-3-2-4-14-27)18-26-24(29)20-11-15-28(16-12-20)25(30)23-6-5-17-32-23/h5-10,17,20,22H,2-4,11-16,18H2,1H3,(H,26,29)/t22-/m1/s1. The first kappa shape index (κ1) is 22.4. The molecule has 2 amide bonds. The second-order valence-electron chi connectivity index (χ2n) is 8.67. The first-order valence-electron chi connectivity index (χ1n) is 11.6. The molecule has 1 aromatic heterocycles. The van der Waals surface area contributed by atoms with E-state index in [2.05, 4.69) is 22.3 Å². The second-order valence-corrected chi connectivity index (χ2v) is 8.67. The fraction of sp³-hybridized carbons (Fsp3) is 0.520. The quantitative estimate of drug-likeness (QED) is 0.715. The van der Waals surface area contributed by atoms with E-state index < -0.39 is 0 Å². The monoisotopic (exact) mass is 439 g/mol. The van der Waals surface area contributed by atoms with Crippen molar-refractivity contribution in [1.29, 1.82) is 0 Å². The topological polar surface area (TPSA) is 75.0 Å². The van der Waals surface area contributed by atoms with E-state index in [1.54, 1.807) is 24.1 Å². The zero-order chi connectivity index (χ0) is 22.3. The van der Waals surface area contributed by atoms with Crippen LogP contribution in [0.5, 0.6) is 5.75 Å². The third-order valence-corrected chi connectivity index (χ3v) is 6.69. The van der Waals surface area contributed by atoms with Gasteiger partial charge in [0.2, 0.25) is 5.91 Å². The van der Waals surface area contributed by atoms with Crippen LogP contribution in [0.4, 0.5) is 0 Å². The van der Waals surface area contributed by atoms with Gasteiger partial charge < -0.3 is 19.4 Å². The predicted octanol–water partition coefficient (Wildman–Crippen LogP) is 3.48. The Kier molecular flexibility index (Phi) is 7.47. The molecule has 2 aliphatic heterocycles. The lowest BCUT2D eigenvalue weighted by molar-refractivity contribution is -0.126. The van der Waals surface area contributed by atoms with Gasteiger partial charge in [-0.3, -0.25) is 14.5 Å². The molecule has 3 heterocycles. The van der Waals surface area contributed by atoms with Crippen LogP contribution in [-0.4, -0.2) is 61.4 Å². The lowest BCUT2D eigenvalue weighted by atomic mass is 9.95. The van der Waals surface area contributed by atoms with Gasteiger partial charge in [0, 0.05) is 25.6 Å². The smallest absolute Gasteiger partial charge is 0.289 e. The highest BCUT2D eigenvalue weighted by atomic mass is 16.5. The Hall–Kier alpha value is -2.80. The number of nitrogens with one attached hydrogen (secondary N) is 1. The van der Waals surface area contributed by atoms with Crippen LogP contribution in [0.1, 0.15) is 54.3 Å². The largest absolute Gasteiger partial charge is 0.497 e. The number of furan rings is 1. The van der Waals surface area contributed by atoms with Gasteiger partial charge in [0.25, 0.3) is 5.91 Å². The second kappa shape index (κ2) is 10.7. The lowest BCUT2D eigenvalue weighted by Gasteiger charge is -2.36. The van der Waals surface area contributed by atoms with Crippen LogP contribution in [0.25, 0.3) is 0 Å². The van der Waals surface area contributed by atoms with Gasteiger partial charge in [-0.15, -0.1) is 0 Å². The highest BCUT2D eigenvalue weighted by Gasteiger charge is 2.30. The summed E-state index contributed by atoms with van der Waals surface area (Å²) in [4.78, 5) is 29.7. The molecule has 4 rings (SSSR count). The van der Waals surface area contributed by atoms with E-state index in [0.717, 1.165) is 18.8 Å². The van der Waals surface area contributed by atoms with Gasteiger partial charge in [0.1, 0.15) is 5.75 Å². The highest BCUT2D eigenvalue weighted by molar-refractivity contribution is 5.91. The van der Waals surface area contributed by atoms with Crippen molar-refractivity contribution in [2.75, 3.05) is 39.8 Å². The molecule has 1 atom stereocenters. The molecule has 0 unspecified atom stereocenters. The van der Waals surface area contributed by atoms with Gasteiger partial charge in [0.05, 0.1) is 19.4 Å². The molecule has 172 valence electrons. The van der Waals surface area contributed by atoms with Crippen molar-refractivity contribution in [2.45, 2.75) is 38.1 Å². The number of rotatable bonds is 7. The molecule has 32 heavy (non-hydrogen) atoms. The minimum atomic E-state index is -0.0986. The van der Waals surface area contributed by atoms with Gasteiger partial charge in [-0.2, -0.15) is 0 Å². The molecule has 0 aliphatic carbocycles. The highest BCUT2D eigenvalue weighted by Crippen LogP contribution is 2.26. The molecular formula is C25H33N3O4. The van der Waals surface area contributed by atoms with Crippen LogP contribution in [-0.2, 0) is 4.79 Å². The number of ether oxygens (including phenoxy) is 1. The van der Waals surface area contributed by atoms with Crippen molar-refractivity contribution >= 4 is 11.8 Å². The number of nitrogens with zero attached hydrogens (tertiary/aromatic N) is 2. The van der Waals surface area contributed by atoms with Gasteiger partial charge in [-0.1, -0.05) is 18.6 Å². The Morgan fingerprint density at radius 3 is 2.41 bits per heavy atom. The molecule has 2 aliphatic rings. The summed E-state index contributed by atoms with van der Waals surface area (Å²) in [5, 5.41) is 3.21. The third-order valence-electron chi connectivity index (χ3n) is 6.69. The van der Waals surface area contributed by atoms with Crippen molar-refractivity contribution in [3.63, 3.8) is 0 Å². The molecule has 1 aromatic carbocycles. The third kappa shape index (κ3) is 5.33. The molecule has 7 nitrogen and oxygen atoms in total. The van der Waals surface area contributed by atoms with E-state index in [-0.39, 0.29) is 23.8 Å². The van der Waals surface area contributed by atoms with Crippen molar-refractivity contribution in [1.82, 2.24) is 15.1 Å². The van der Waals surface area contributed by atoms with Crippen LogP contribution in [0.15, 0.2) is 47.1 Å². The minimum Gasteiger partial charge on any atom is -0.497 e. The molecule has 0 bridgehead atoms. The lowest BCUT2D eigenvalue weighted by Crippen LogP contribution is -2.45. The average Bonchev–Trinajstić information content (AvgIpc) is 3.40. The minimum absolute atomic E-state index is 0.0616. The van der Waals surface area contributed by atoms with Crippen LogP contribution in [0.2, 0.25) is 0 Å². The summed E-state index contributed by atoms with van der Waals surface area (Å²) in [5.74, 6) is 1.13. The summed E-state index contributed by atoms with van der Waals surface area (Å²) in [6.45, 7) is 3.85. The summed E-state index contributed by atoms with van der Waals surface area (Å²) in [5.41, 5.74) is 1.20.